The molecular weight excluding hydrogens is 508 g/mol. The molecule has 0 aromatic carbocycles. The highest BCUT2D eigenvalue weighted by Crippen LogP contribution is 2.38. The molecule has 41 heavy (non-hydrogen) atoms. The summed E-state index contributed by atoms with van der Waals surface area (Å²) in [5.41, 5.74) is -1.06. The van der Waals surface area contributed by atoms with E-state index in [4.69, 9.17) is 4.74 Å². The van der Waals surface area contributed by atoms with Gasteiger partial charge in [-0.3, -0.25) is 9.59 Å². The first-order valence-corrected chi connectivity index (χ1v) is 18.1. The number of esters is 1. The predicted octanol–water partition coefficient (Wildman–Crippen LogP) is 11.7. The second-order valence-corrected chi connectivity index (χ2v) is 13.2. The van der Waals surface area contributed by atoms with Crippen LogP contribution in [0.5, 0.6) is 0 Å². The molecular formula is C37H68O4. The van der Waals surface area contributed by atoms with Crippen molar-refractivity contribution in [1.29, 1.82) is 0 Å². The van der Waals surface area contributed by atoms with Crippen LogP contribution in [0.25, 0.3) is 0 Å². The number of allylic oxidation sites excluding steroid dienone is 1. The quantitative estimate of drug-likeness (QED) is 0.0571. The third-order valence-corrected chi connectivity index (χ3v) is 9.33. The maximum atomic E-state index is 13.3. The Kier molecular flexibility index (Phi) is 23.2. The summed E-state index contributed by atoms with van der Waals surface area (Å²) >= 11 is 0. The van der Waals surface area contributed by atoms with E-state index in [1.54, 1.807) is 13.0 Å². The van der Waals surface area contributed by atoms with Crippen molar-refractivity contribution in [3.05, 3.63) is 12.2 Å². The fourth-order valence-electron chi connectivity index (χ4n) is 6.39. The van der Waals surface area contributed by atoms with Crippen LogP contribution in [0.1, 0.15) is 194 Å². The molecule has 0 aromatic heterocycles. The zero-order chi connectivity index (χ0) is 30.0. The first-order valence-electron chi connectivity index (χ1n) is 18.1. The van der Waals surface area contributed by atoms with Crippen molar-refractivity contribution >= 4 is 11.9 Å². The topological polar surface area (TPSA) is 63.6 Å². The summed E-state index contributed by atoms with van der Waals surface area (Å²) in [7, 11) is 0. The Hall–Kier alpha value is -1.32. The molecule has 0 heterocycles. The van der Waals surface area contributed by atoms with E-state index in [2.05, 4.69) is 13.8 Å². The molecule has 1 aliphatic carbocycles. The second kappa shape index (κ2) is 25.2. The van der Waals surface area contributed by atoms with Gasteiger partial charge in [-0.15, -0.1) is 0 Å². The van der Waals surface area contributed by atoms with Crippen molar-refractivity contribution in [2.45, 2.75) is 200 Å². The number of hydrogen-bond acceptors (Lipinski definition) is 3. The number of rotatable bonds is 28. The van der Waals surface area contributed by atoms with E-state index >= 15 is 0 Å². The van der Waals surface area contributed by atoms with Gasteiger partial charge in [0.1, 0.15) is 6.10 Å². The summed E-state index contributed by atoms with van der Waals surface area (Å²) in [5.74, 6) is -1.93. The van der Waals surface area contributed by atoms with Crippen LogP contribution in [-0.4, -0.2) is 23.1 Å². The molecule has 1 rings (SSSR count). The summed E-state index contributed by atoms with van der Waals surface area (Å²) in [5, 5.41) is 9.75. The van der Waals surface area contributed by atoms with E-state index in [9.17, 15) is 14.7 Å². The maximum absolute atomic E-state index is 13.3. The fraction of sp³-hybridized carbons (Fsp3) is 0.892. The van der Waals surface area contributed by atoms with Crippen molar-refractivity contribution < 1.29 is 19.4 Å². The van der Waals surface area contributed by atoms with E-state index in [0.717, 1.165) is 25.7 Å². The van der Waals surface area contributed by atoms with Crippen molar-refractivity contribution in [3.8, 4) is 0 Å². The highest BCUT2D eigenvalue weighted by molar-refractivity contribution is 5.86. The summed E-state index contributed by atoms with van der Waals surface area (Å²) in [4.78, 5) is 25.2. The van der Waals surface area contributed by atoms with Gasteiger partial charge in [0, 0.05) is 0 Å². The number of carbonyl (C=O) groups is 2. The normalized spacial score (nSPS) is 19.3. The fourth-order valence-corrected chi connectivity index (χ4v) is 6.39. The number of carboxylic acid groups (broad SMARTS) is 1. The Morgan fingerprint density at radius 1 is 0.683 bits per heavy atom. The molecule has 0 bridgehead atoms. The third kappa shape index (κ3) is 18.1. The van der Waals surface area contributed by atoms with Gasteiger partial charge >= 0.3 is 11.9 Å². The van der Waals surface area contributed by atoms with Crippen LogP contribution in [0.2, 0.25) is 0 Å². The third-order valence-electron chi connectivity index (χ3n) is 9.33. The SMILES string of the molecule is CCCCCCCCCCCCCCCCCC(CCCCCCCCCC)OC(=O)C1(C)C=CCCC1C(=O)O. The number of hydrogen-bond donors (Lipinski definition) is 1. The van der Waals surface area contributed by atoms with E-state index in [1.807, 2.05) is 6.08 Å². The van der Waals surface area contributed by atoms with Gasteiger partial charge in [-0.25, -0.2) is 0 Å². The maximum Gasteiger partial charge on any atom is 0.316 e. The van der Waals surface area contributed by atoms with Crippen LogP contribution in [0, 0.1) is 11.3 Å². The molecule has 0 aromatic rings. The molecule has 0 spiro atoms. The van der Waals surface area contributed by atoms with E-state index < -0.39 is 17.3 Å². The zero-order valence-electron chi connectivity index (χ0n) is 27.6. The minimum atomic E-state index is -1.06. The first kappa shape index (κ1) is 37.7. The number of carbonyl (C=O) groups excluding carboxylic acids is 1. The summed E-state index contributed by atoms with van der Waals surface area (Å²) in [6.07, 6.45) is 36.9. The van der Waals surface area contributed by atoms with Gasteiger partial charge in [0.15, 0.2) is 0 Å². The molecule has 0 amide bonds. The summed E-state index contributed by atoms with van der Waals surface area (Å²) in [6, 6.07) is 0. The lowest BCUT2D eigenvalue weighted by Crippen LogP contribution is -2.42. The minimum Gasteiger partial charge on any atom is -0.481 e. The van der Waals surface area contributed by atoms with E-state index in [-0.39, 0.29) is 12.1 Å². The molecule has 4 heteroatoms. The number of aliphatic carboxylic acids is 1. The highest BCUT2D eigenvalue weighted by Gasteiger charge is 2.46. The zero-order valence-corrected chi connectivity index (χ0v) is 27.6. The van der Waals surface area contributed by atoms with Crippen molar-refractivity contribution in [1.82, 2.24) is 0 Å². The molecule has 240 valence electrons. The van der Waals surface area contributed by atoms with Crippen molar-refractivity contribution in [2.75, 3.05) is 0 Å². The Bertz CT molecular complexity index is 672. The number of unbranched alkanes of at least 4 members (excludes halogenated alkanes) is 21. The van der Waals surface area contributed by atoms with Gasteiger partial charge in [-0.1, -0.05) is 161 Å². The summed E-state index contributed by atoms with van der Waals surface area (Å²) < 4.78 is 6.10. The van der Waals surface area contributed by atoms with Gasteiger partial charge in [0.25, 0.3) is 0 Å². The van der Waals surface area contributed by atoms with Gasteiger partial charge in [0.2, 0.25) is 0 Å². The van der Waals surface area contributed by atoms with Crippen LogP contribution < -0.4 is 0 Å². The smallest absolute Gasteiger partial charge is 0.316 e. The van der Waals surface area contributed by atoms with Gasteiger partial charge in [-0.05, 0) is 45.4 Å². The average Bonchev–Trinajstić information content (AvgIpc) is 2.96. The molecule has 0 saturated carbocycles. The van der Waals surface area contributed by atoms with Crippen LogP contribution in [-0.2, 0) is 14.3 Å². The first-order chi connectivity index (χ1) is 20.0. The average molecular weight is 577 g/mol. The predicted molar refractivity (Wildman–Crippen MR) is 174 cm³/mol. The minimum absolute atomic E-state index is 0.0915. The molecule has 1 N–H and O–H groups in total. The van der Waals surface area contributed by atoms with Crippen LogP contribution in [0.3, 0.4) is 0 Å². The lowest BCUT2D eigenvalue weighted by Gasteiger charge is -2.34. The molecule has 0 fully saturated rings. The van der Waals surface area contributed by atoms with Crippen LogP contribution >= 0.6 is 0 Å². The summed E-state index contributed by atoms with van der Waals surface area (Å²) in [6.45, 7) is 6.29. The van der Waals surface area contributed by atoms with E-state index in [0.29, 0.717) is 12.8 Å². The molecule has 3 unspecified atom stereocenters. The molecule has 1 aliphatic rings. The molecule has 0 saturated heterocycles. The Morgan fingerprint density at radius 2 is 1.05 bits per heavy atom. The van der Waals surface area contributed by atoms with Crippen LogP contribution in [0.15, 0.2) is 12.2 Å². The van der Waals surface area contributed by atoms with Gasteiger partial charge < -0.3 is 9.84 Å². The lowest BCUT2D eigenvalue weighted by molar-refractivity contribution is -0.168. The lowest BCUT2D eigenvalue weighted by atomic mass is 9.71. The molecule has 4 nitrogen and oxygen atoms in total. The monoisotopic (exact) mass is 577 g/mol. The second-order valence-electron chi connectivity index (χ2n) is 13.2. The standard InChI is InChI=1S/C37H68O4/c1-4-6-8-10-12-14-15-16-17-18-19-20-22-24-26-30-33(29-25-23-21-13-11-9-7-5-2)41-36(40)37(3)32-28-27-31-34(37)35(38)39/h28,32-34H,4-27,29-31H2,1-3H3,(H,38,39). The van der Waals surface area contributed by atoms with Crippen LogP contribution in [0.4, 0.5) is 0 Å². The number of carboxylic acids is 1. The van der Waals surface area contributed by atoms with E-state index in [1.165, 1.54) is 135 Å². The Morgan fingerprint density at radius 3 is 1.41 bits per heavy atom. The Labute approximate surface area is 254 Å². The highest BCUT2D eigenvalue weighted by atomic mass is 16.5. The van der Waals surface area contributed by atoms with Crippen molar-refractivity contribution in [2.24, 2.45) is 11.3 Å². The number of ether oxygens (including phenoxy) is 1. The van der Waals surface area contributed by atoms with Gasteiger partial charge in [0.05, 0.1) is 11.3 Å². The molecule has 0 aliphatic heterocycles. The molecule has 0 radical (unpaired) electrons. The molecule has 3 atom stereocenters. The Balaban J connectivity index is 2.33. The largest absolute Gasteiger partial charge is 0.481 e. The van der Waals surface area contributed by atoms with Crippen molar-refractivity contribution in [3.63, 3.8) is 0 Å². The van der Waals surface area contributed by atoms with Gasteiger partial charge in [-0.2, -0.15) is 0 Å².